The van der Waals surface area contributed by atoms with Gasteiger partial charge in [-0.05, 0) is 75.8 Å². The predicted octanol–water partition coefficient (Wildman–Crippen LogP) is 11.9. The molecular formula is C43H29NS. The minimum atomic E-state index is -0.462. The van der Waals surface area contributed by atoms with Gasteiger partial charge >= 0.3 is 0 Å². The molecule has 0 saturated heterocycles. The van der Waals surface area contributed by atoms with E-state index in [4.69, 9.17) is 0 Å². The van der Waals surface area contributed by atoms with Crippen molar-refractivity contribution in [3.63, 3.8) is 0 Å². The van der Waals surface area contributed by atoms with Crippen LogP contribution in [-0.4, -0.2) is 0 Å². The second kappa shape index (κ2) is 10.3. The predicted molar refractivity (Wildman–Crippen MR) is 191 cm³/mol. The summed E-state index contributed by atoms with van der Waals surface area (Å²) in [4.78, 5) is 2.33. The lowest BCUT2D eigenvalue weighted by molar-refractivity contribution is 0.778. The minimum absolute atomic E-state index is 0.462. The summed E-state index contributed by atoms with van der Waals surface area (Å²) in [5, 5.41) is 2.65. The Labute approximate surface area is 267 Å². The lowest BCUT2D eigenvalue weighted by atomic mass is 9.67. The minimum Gasteiger partial charge on any atom is -0.311 e. The van der Waals surface area contributed by atoms with Gasteiger partial charge in [-0.15, -0.1) is 11.3 Å². The highest BCUT2D eigenvalue weighted by Crippen LogP contribution is 2.58. The summed E-state index contributed by atoms with van der Waals surface area (Å²) in [5.41, 5.74) is 10.9. The Hall–Kier alpha value is -5.44. The lowest BCUT2D eigenvalue weighted by Crippen LogP contribution is -2.28. The van der Waals surface area contributed by atoms with Crippen LogP contribution < -0.4 is 4.90 Å². The number of rotatable bonds is 5. The fraction of sp³-hybridized carbons (Fsp3) is 0.0233. The van der Waals surface area contributed by atoms with Crippen LogP contribution in [0.3, 0.4) is 0 Å². The molecule has 1 aliphatic rings. The molecule has 0 bridgehead atoms. The molecule has 1 aromatic heterocycles. The van der Waals surface area contributed by atoms with E-state index in [1.54, 1.807) is 0 Å². The molecule has 1 heterocycles. The van der Waals surface area contributed by atoms with Crippen molar-refractivity contribution in [2.24, 2.45) is 0 Å². The van der Waals surface area contributed by atoms with Gasteiger partial charge in [-0.25, -0.2) is 0 Å². The smallest absolute Gasteiger partial charge is 0.0727 e. The average molecular weight is 592 g/mol. The summed E-state index contributed by atoms with van der Waals surface area (Å²) in [6.07, 6.45) is 0. The molecule has 0 spiro atoms. The molecule has 2 heteroatoms. The molecule has 212 valence electrons. The molecular weight excluding hydrogens is 563 g/mol. The van der Waals surface area contributed by atoms with Crippen LogP contribution in [0.25, 0.3) is 31.3 Å². The van der Waals surface area contributed by atoms with E-state index < -0.39 is 5.41 Å². The van der Waals surface area contributed by atoms with Crippen LogP contribution in [0.15, 0.2) is 176 Å². The normalized spacial score (nSPS) is 13.1. The highest BCUT2D eigenvalue weighted by Gasteiger charge is 2.47. The molecule has 0 atom stereocenters. The largest absolute Gasteiger partial charge is 0.311 e. The van der Waals surface area contributed by atoms with E-state index in [0.29, 0.717) is 0 Å². The van der Waals surface area contributed by atoms with Crippen LogP contribution in [0.4, 0.5) is 17.1 Å². The van der Waals surface area contributed by atoms with Crippen LogP contribution in [0.1, 0.15) is 22.3 Å². The summed E-state index contributed by atoms with van der Waals surface area (Å²) in [6.45, 7) is 0. The Kier molecular flexibility index (Phi) is 5.97. The topological polar surface area (TPSA) is 3.24 Å². The van der Waals surface area contributed by atoms with Crippen molar-refractivity contribution >= 4 is 48.6 Å². The van der Waals surface area contributed by atoms with Crippen molar-refractivity contribution in [2.75, 3.05) is 4.90 Å². The average Bonchev–Trinajstić information content (AvgIpc) is 3.64. The third-order valence-corrected chi connectivity index (χ3v) is 10.6. The molecule has 7 aromatic carbocycles. The van der Waals surface area contributed by atoms with Gasteiger partial charge in [0.25, 0.3) is 0 Å². The zero-order chi connectivity index (χ0) is 29.8. The van der Waals surface area contributed by atoms with Crippen molar-refractivity contribution in [3.8, 4) is 11.1 Å². The van der Waals surface area contributed by atoms with Gasteiger partial charge < -0.3 is 4.90 Å². The number of nitrogens with zero attached hydrogens (tertiary/aromatic N) is 1. The number of benzene rings is 7. The summed E-state index contributed by atoms with van der Waals surface area (Å²) >= 11 is 1.91. The first kappa shape index (κ1) is 26.0. The molecule has 0 unspecified atom stereocenters. The monoisotopic (exact) mass is 591 g/mol. The molecule has 0 aliphatic heterocycles. The first-order valence-corrected chi connectivity index (χ1v) is 16.3. The number of anilines is 3. The Morgan fingerprint density at radius 3 is 1.51 bits per heavy atom. The number of fused-ring (bicyclic) bond motifs is 6. The second-order valence-electron chi connectivity index (χ2n) is 11.7. The Bertz CT molecular complexity index is 2230. The molecule has 0 fully saturated rings. The van der Waals surface area contributed by atoms with Crippen molar-refractivity contribution in [1.82, 2.24) is 0 Å². The van der Waals surface area contributed by atoms with Gasteiger partial charge in [-0.2, -0.15) is 0 Å². The van der Waals surface area contributed by atoms with Crippen molar-refractivity contribution in [2.45, 2.75) is 5.41 Å². The SMILES string of the molecule is c1ccc(N(c2ccccc2)c2ccc(C3(c4cccc5c4sc4ccccc45)c4ccccc4-c4ccccc43)cc2)cc1. The zero-order valence-corrected chi connectivity index (χ0v) is 25.4. The van der Waals surface area contributed by atoms with E-state index >= 15 is 0 Å². The summed E-state index contributed by atoms with van der Waals surface area (Å²) < 4.78 is 2.68. The van der Waals surface area contributed by atoms with Crippen LogP contribution in [0.2, 0.25) is 0 Å². The standard InChI is InChI=1S/C43H29NS/c1-3-14-31(15-4-1)44(32-16-5-2-6-17-32)33-28-26-30(27-29-33)43(38-22-10-7-18-34(38)35-19-8-11-23-39(35)43)40-24-13-21-37-36-20-9-12-25-41(36)45-42(37)40/h1-29H. The second-order valence-corrected chi connectivity index (χ2v) is 12.7. The Morgan fingerprint density at radius 1 is 0.378 bits per heavy atom. The molecule has 0 radical (unpaired) electrons. The quantitative estimate of drug-likeness (QED) is 0.192. The number of hydrogen-bond acceptors (Lipinski definition) is 2. The highest BCUT2D eigenvalue weighted by molar-refractivity contribution is 7.26. The summed E-state index contributed by atoms with van der Waals surface area (Å²) in [6, 6.07) is 64.3. The zero-order valence-electron chi connectivity index (χ0n) is 24.6. The van der Waals surface area contributed by atoms with Crippen LogP contribution in [0.5, 0.6) is 0 Å². The van der Waals surface area contributed by atoms with Crippen molar-refractivity contribution in [1.29, 1.82) is 0 Å². The first-order valence-electron chi connectivity index (χ1n) is 15.4. The van der Waals surface area contributed by atoms with Gasteiger partial charge in [-0.1, -0.05) is 133 Å². The Morgan fingerprint density at radius 2 is 0.867 bits per heavy atom. The third kappa shape index (κ3) is 3.86. The number of hydrogen-bond donors (Lipinski definition) is 0. The molecule has 9 rings (SSSR count). The molecule has 45 heavy (non-hydrogen) atoms. The maximum Gasteiger partial charge on any atom is 0.0727 e. The van der Waals surface area contributed by atoms with E-state index in [2.05, 4.69) is 181 Å². The maximum atomic E-state index is 2.37. The fourth-order valence-corrected chi connectivity index (χ4v) is 8.77. The van der Waals surface area contributed by atoms with Crippen LogP contribution >= 0.6 is 11.3 Å². The molecule has 1 aliphatic carbocycles. The summed E-state index contributed by atoms with van der Waals surface area (Å²) in [7, 11) is 0. The molecule has 0 N–H and O–H groups in total. The number of para-hydroxylation sites is 2. The van der Waals surface area contributed by atoms with Gasteiger partial charge in [0.2, 0.25) is 0 Å². The van der Waals surface area contributed by atoms with Gasteiger partial charge in [0.15, 0.2) is 0 Å². The van der Waals surface area contributed by atoms with E-state index in [1.165, 1.54) is 53.6 Å². The Balaban J connectivity index is 1.33. The van der Waals surface area contributed by atoms with Crippen LogP contribution in [-0.2, 0) is 5.41 Å². The van der Waals surface area contributed by atoms with Crippen molar-refractivity contribution < 1.29 is 0 Å². The van der Waals surface area contributed by atoms with E-state index in [9.17, 15) is 0 Å². The van der Waals surface area contributed by atoms with Gasteiger partial charge in [0.1, 0.15) is 0 Å². The molecule has 0 amide bonds. The lowest BCUT2D eigenvalue weighted by Gasteiger charge is -2.35. The van der Waals surface area contributed by atoms with Gasteiger partial charge in [0.05, 0.1) is 5.41 Å². The fourth-order valence-electron chi connectivity index (χ4n) is 7.50. The van der Waals surface area contributed by atoms with Gasteiger partial charge in [0, 0.05) is 37.2 Å². The van der Waals surface area contributed by atoms with E-state index in [1.807, 2.05) is 11.3 Å². The van der Waals surface area contributed by atoms with E-state index in [-0.39, 0.29) is 0 Å². The first-order chi connectivity index (χ1) is 22.3. The van der Waals surface area contributed by atoms with Gasteiger partial charge in [-0.3, -0.25) is 0 Å². The van der Waals surface area contributed by atoms with E-state index in [0.717, 1.165) is 17.1 Å². The molecule has 1 nitrogen and oxygen atoms in total. The third-order valence-electron chi connectivity index (χ3n) is 9.35. The number of thiophene rings is 1. The van der Waals surface area contributed by atoms with Crippen molar-refractivity contribution in [3.05, 3.63) is 198 Å². The maximum absolute atomic E-state index is 2.37. The molecule has 0 saturated carbocycles. The van der Waals surface area contributed by atoms with Crippen LogP contribution in [0, 0.1) is 0 Å². The molecule has 8 aromatic rings. The summed E-state index contributed by atoms with van der Waals surface area (Å²) in [5.74, 6) is 0. The highest BCUT2D eigenvalue weighted by atomic mass is 32.1.